The molecular formula is C52H100O6. The van der Waals surface area contributed by atoms with E-state index in [0.29, 0.717) is 19.3 Å². The first-order valence-electron chi connectivity index (χ1n) is 25.6. The summed E-state index contributed by atoms with van der Waals surface area (Å²) in [7, 11) is 0. The first kappa shape index (κ1) is 56.4. The van der Waals surface area contributed by atoms with Crippen molar-refractivity contribution in [2.45, 2.75) is 285 Å². The fourth-order valence-electron chi connectivity index (χ4n) is 7.73. The van der Waals surface area contributed by atoms with Crippen LogP contribution in [0.1, 0.15) is 279 Å². The van der Waals surface area contributed by atoms with Crippen LogP contribution in [-0.4, -0.2) is 37.2 Å². The predicted octanol–water partition coefficient (Wildman–Crippen LogP) is 16.4. The number of hydrogen-bond donors (Lipinski definition) is 0. The molecule has 0 aromatic heterocycles. The SMILES string of the molecule is CCC(C)CCCCCCCCCCC(=O)OC[C@H](COC(=O)CCCCCCCCC(C)C)OC(=O)CCCCCCCCCCCCCCCCCCC(C)C. The quantitative estimate of drug-likeness (QED) is 0.0346. The largest absolute Gasteiger partial charge is 0.462 e. The molecule has 0 radical (unpaired) electrons. The zero-order chi connectivity index (χ0) is 42.7. The molecule has 2 atom stereocenters. The maximum absolute atomic E-state index is 12.8. The molecule has 6 heteroatoms. The third kappa shape index (κ3) is 44.0. The highest BCUT2D eigenvalue weighted by Crippen LogP contribution is 2.18. The summed E-state index contributed by atoms with van der Waals surface area (Å²) < 4.78 is 16.8. The molecule has 0 amide bonds. The standard InChI is InChI=1S/C52H100O6/c1-7-48(6)40-34-28-21-18-19-22-29-35-41-50(53)56-44-49(45-57-51(54)42-36-30-25-24-27-33-39-47(4)5)58-52(55)43-37-31-23-17-15-13-11-9-8-10-12-14-16-20-26-32-38-46(2)3/h46-49H,7-45H2,1-6H3/t48?,49-/m1/s1. The average Bonchev–Trinajstić information content (AvgIpc) is 3.19. The lowest BCUT2D eigenvalue weighted by Crippen LogP contribution is -2.30. The Labute approximate surface area is 361 Å². The molecule has 0 N–H and O–H groups in total. The second kappa shape index (κ2) is 43.5. The Bertz CT molecular complexity index is 900. The van der Waals surface area contributed by atoms with E-state index in [-0.39, 0.29) is 31.1 Å². The van der Waals surface area contributed by atoms with Gasteiger partial charge in [-0.15, -0.1) is 0 Å². The van der Waals surface area contributed by atoms with Crippen molar-refractivity contribution in [3.05, 3.63) is 0 Å². The second-order valence-corrected chi connectivity index (χ2v) is 19.0. The highest BCUT2D eigenvalue weighted by Gasteiger charge is 2.19. The van der Waals surface area contributed by atoms with E-state index in [9.17, 15) is 14.4 Å². The van der Waals surface area contributed by atoms with Gasteiger partial charge in [0.2, 0.25) is 0 Å². The fraction of sp³-hybridized carbons (Fsp3) is 0.942. The molecule has 0 aliphatic rings. The van der Waals surface area contributed by atoms with E-state index in [2.05, 4.69) is 41.5 Å². The molecule has 0 saturated heterocycles. The van der Waals surface area contributed by atoms with Gasteiger partial charge in [0.25, 0.3) is 0 Å². The van der Waals surface area contributed by atoms with Crippen molar-refractivity contribution in [2.75, 3.05) is 13.2 Å². The van der Waals surface area contributed by atoms with Crippen LogP contribution < -0.4 is 0 Å². The summed E-state index contributed by atoms with van der Waals surface area (Å²) >= 11 is 0. The van der Waals surface area contributed by atoms with Crippen LogP contribution in [0.25, 0.3) is 0 Å². The fourth-order valence-corrected chi connectivity index (χ4v) is 7.73. The van der Waals surface area contributed by atoms with Crippen LogP contribution in [0.2, 0.25) is 0 Å². The van der Waals surface area contributed by atoms with E-state index in [0.717, 1.165) is 75.5 Å². The van der Waals surface area contributed by atoms with E-state index in [1.807, 2.05) is 0 Å². The van der Waals surface area contributed by atoms with Crippen molar-refractivity contribution in [2.24, 2.45) is 17.8 Å². The lowest BCUT2D eigenvalue weighted by Gasteiger charge is -2.18. The van der Waals surface area contributed by atoms with E-state index >= 15 is 0 Å². The van der Waals surface area contributed by atoms with Gasteiger partial charge in [0.15, 0.2) is 6.10 Å². The third-order valence-corrected chi connectivity index (χ3v) is 12.0. The number of esters is 3. The third-order valence-electron chi connectivity index (χ3n) is 12.0. The Kier molecular flexibility index (Phi) is 42.3. The van der Waals surface area contributed by atoms with Crippen molar-refractivity contribution < 1.29 is 28.6 Å². The van der Waals surface area contributed by atoms with Crippen molar-refractivity contribution >= 4 is 17.9 Å². The molecule has 0 aromatic rings. The molecule has 58 heavy (non-hydrogen) atoms. The second-order valence-electron chi connectivity index (χ2n) is 19.0. The Morgan fingerprint density at radius 2 is 0.603 bits per heavy atom. The molecule has 344 valence electrons. The maximum atomic E-state index is 12.8. The van der Waals surface area contributed by atoms with Gasteiger partial charge in [-0.2, -0.15) is 0 Å². The van der Waals surface area contributed by atoms with Crippen LogP contribution in [0.15, 0.2) is 0 Å². The van der Waals surface area contributed by atoms with Crippen LogP contribution in [0.4, 0.5) is 0 Å². The van der Waals surface area contributed by atoms with E-state index < -0.39 is 6.10 Å². The summed E-state index contributed by atoms with van der Waals surface area (Å²) in [5, 5.41) is 0. The lowest BCUT2D eigenvalue weighted by molar-refractivity contribution is -0.167. The van der Waals surface area contributed by atoms with Crippen LogP contribution >= 0.6 is 0 Å². The van der Waals surface area contributed by atoms with Crippen molar-refractivity contribution in [1.82, 2.24) is 0 Å². The molecule has 6 nitrogen and oxygen atoms in total. The Balaban J connectivity index is 4.25. The van der Waals surface area contributed by atoms with E-state index in [1.54, 1.807) is 0 Å². The molecule has 0 spiro atoms. The molecule has 0 aliphatic heterocycles. The summed E-state index contributed by atoms with van der Waals surface area (Å²) in [6.45, 7) is 13.7. The van der Waals surface area contributed by atoms with Gasteiger partial charge in [0.1, 0.15) is 13.2 Å². The molecular weight excluding hydrogens is 721 g/mol. The summed E-state index contributed by atoms with van der Waals surface area (Å²) in [4.78, 5) is 37.8. The minimum atomic E-state index is -0.763. The number of ether oxygens (including phenoxy) is 3. The van der Waals surface area contributed by atoms with Gasteiger partial charge in [-0.25, -0.2) is 0 Å². The molecule has 1 unspecified atom stereocenters. The summed E-state index contributed by atoms with van der Waals surface area (Å²) in [5.41, 5.74) is 0. The molecule has 0 rings (SSSR count). The Morgan fingerprint density at radius 3 is 0.897 bits per heavy atom. The van der Waals surface area contributed by atoms with Gasteiger partial charge in [-0.05, 0) is 37.0 Å². The van der Waals surface area contributed by atoms with Crippen LogP contribution in [-0.2, 0) is 28.6 Å². The Morgan fingerprint density at radius 1 is 0.345 bits per heavy atom. The molecule has 0 heterocycles. The molecule has 0 fully saturated rings. The first-order chi connectivity index (χ1) is 28.1. The Hall–Kier alpha value is -1.59. The summed E-state index contributed by atoms with van der Waals surface area (Å²) in [6.07, 6.45) is 42.5. The van der Waals surface area contributed by atoms with Crippen LogP contribution in [0, 0.1) is 17.8 Å². The number of rotatable bonds is 45. The molecule has 0 bridgehead atoms. The smallest absolute Gasteiger partial charge is 0.306 e. The number of unbranched alkanes of at least 4 members (excludes halogenated alkanes) is 27. The van der Waals surface area contributed by atoms with Gasteiger partial charge in [-0.1, -0.05) is 241 Å². The predicted molar refractivity (Wildman–Crippen MR) is 247 cm³/mol. The lowest BCUT2D eigenvalue weighted by atomic mass is 9.99. The van der Waals surface area contributed by atoms with Gasteiger partial charge >= 0.3 is 17.9 Å². The minimum Gasteiger partial charge on any atom is -0.462 e. The summed E-state index contributed by atoms with van der Waals surface area (Å²) in [6, 6.07) is 0. The van der Waals surface area contributed by atoms with Gasteiger partial charge < -0.3 is 14.2 Å². The average molecular weight is 821 g/mol. The normalized spacial score (nSPS) is 12.6. The molecule has 0 aromatic carbocycles. The van der Waals surface area contributed by atoms with Crippen LogP contribution in [0.5, 0.6) is 0 Å². The van der Waals surface area contributed by atoms with Gasteiger partial charge in [0, 0.05) is 19.3 Å². The number of hydrogen-bond acceptors (Lipinski definition) is 6. The van der Waals surface area contributed by atoms with E-state index in [4.69, 9.17) is 14.2 Å². The monoisotopic (exact) mass is 821 g/mol. The van der Waals surface area contributed by atoms with Crippen molar-refractivity contribution in [1.29, 1.82) is 0 Å². The molecule has 0 aliphatic carbocycles. The zero-order valence-corrected chi connectivity index (χ0v) is 39.8. The van der Waals surface area contributed by atoms with Crippen molar-refractivity contribution in [3.8, 4) is 0 Å². The first-order valence-corrected chi connectivity index (χ1v) is 25.6. The zero-order valence-electron chi connectivity index (χ0n) is 39.8. The maximum Gasteiger partial charge on any atom is 0.306 e. The van der Waals surface area contributed by atoms with Gasteiger partial charge in [-0.3, -0.25) is 14.4 Å². The van der Waals surface area contributed by atoms with Crippen molar-refractivity contribution in [3.63, 3.8) is 0 Å². The number of carbonyl (C=O) groups is 3. The minimum absolute atomic E-state index is 0.0660. The topological polar surface area (TPSA) is 78.9 Å². The number of carbonyl (C=O) groups excluding carboxylic acids is 3. The highest BCUT2D eigenvalue weighted by molar-refractivity contribution is 5.71. The highest BCUT2D eigenvalue weighted by atomic mass is 16.6. The van der Waals surface area contributed by atoms with Crippen LogP contribution in [0.3, 0.4) is 0 Å². The van der Waals surface area contributed by atoms with E-state index in [1.165, 1.54) is 161 Å². The molecule has 0 saturated carbocycles. The summed E-state index contributed by atoms with van der Waals surface area (Å²) in [5.74, 6) is 1.60. The van der Waals surface area contributed by atoms with Gasteiger partial charge in [0.05, 0.1) is 0 Å².